The standard InChI is InChI=1S/C18H30N4O2/c1-4-17(5-2)14(13-15(17)24-3)21-16(23)18(7-10-19-11-8-18)22-12-6-9-20-22/h6,9,12,14-15,19H,4-5,7-8,10-11,13H2,1-3H3,(H,21,23). The number of methoxy groups -OCH3 is 1. The zero-order valence-corrected chi connectivity index (χ0v) is 15.0. The molecule has 1 amide bonds. The van der Waals surface area contributed by atoms with Gasteiger partial charge in [0.05, 0.1) is 6.10 Å². The first-order valence-electron chi connectivity index (χ1n) is 9.17. The van der Waals surface area contributed by atoms with Gasteiger partial charge in [0.15, 0.2) is 0 Å². The van der Waals surface area contributed by atoms with Crippen LogP contribution in [0.3, 0.4) is 0 Å². The lowest BCUT2D eigenvalue weighted by molar-refractivity contribution is -0.149. The molecule has 6 nitrogen and oxygen atoms in total. The van der Waals surface area contributed by atoms with Crippen LogP contribution >= 0.6 is 0 Å². The first-order valence-corrected chi connectivity index (χ1v) is 9.17. The Labute approximate surface area is 144 Å². The Morgan fingerprint density at radius 2 is 2.08 bits per heavy atom. The normalized spacial score (nSPS) is 28.1. The molecule has 2 atom stereocenters. The van der Waals surface area contributed by atoms with E-state index >= 15 is 0 Å². The van der Waals surface area contributed by atoms with Crippen LogP contribution in [0, 0.1) is 5.41 Å². The number of carbonyl (C=O) groups is 1. The van der Waals surface area contributed by atoms with Crippen molar-refractivity contribution in [3.63, 3.8) is 0 Å². The van der Waals surface area contributed by atoms with Gasteiger partial charge in [0.1, 0.15) is 5.54 Å². The summed E-state index contributed by atoms with van der Waals surface area (Å²) in [4.78, 5) is 13.3. The van der Waals surface area contributed by atoms with E-state index in [-0.39, 0.29) is 23.5 Å². The topological polar surface area (TPSA) is 68.2 Å². The Balaban J connectivity index is 1.80. The highest BCUT2D eigenvalue weighted by Crippen LogP contribution is 2.49. The minimum absolute atomic E-state index is 0.0582. The largest absolute Gasteiger partial charge is 0.381 e. The Hall–Kier alpha value is -1.40. The number of carbonyl (C=O) groups excluding carboxylic acids is 1. The van der Waals surface area contributed by atoms with Crippen LogP contribution in [0.2, 0.25) is 0 Å². The molecule has 1 saturated heterocycles. The molecule has 0 spiro atoms. The molecule has 2 fully saturated rings. The van der Waals surface area contributed by atoms with Crippen molar-refractivity contribution in [3.8, 4) is 0 Å². The second-order valence-corrected chi connectivity index (χ2v) is 7.16. The van der Waals surface area contributed by atoms with Crippen molar-refractivity contribution in [2.24, 2.45) is 5.41 Å². The summed E-state index contributed by atoms with van der Waals surface area (Å²) in [5.41, 5.74) is -0.511. The Morgan fingerprint density at radius 1 is 1.38 bits per heavy atom. The van der Waals surface area contributed by atoms with Crippen LogP contribution in [-0.4, -0.2) is 48.0 Å². The molecule has 2 N–H and O–H groups in total. The van der Waals surface area contributed by atoms with Gasteiger partial charge in [0, 0.05) is 31.0 Å². The van der Waals surface area contributed by atoms with Gasteiger partial charge in [0.2, 0.25) is 5.91 Å². The molecule has 24 heavy (non-hydrogen) atoms. The molecule has 6 heteroatoms. The Kier molecular flexibility index (Phi) is 4.97. The van der Waals surface area contributed by atoms with Gasteiger partial charge in [-0.2, -0.15) is 5.10 Å². The number of nitrogens with zero attached hydrogens (tertiary/aromatic N) is 2. The summed E-state index contributed by atoms with van der Waals surface area (Å²) < 4.78 is 7.52. The molecule has 0 aromatic carbocycles. The number of hydrogen-bond acceptors (Lipinski definition) is 4. The SMILES string of the molecule is CCC1(CC)C(NC(=O)C2(n3cccn3)CCNCC2)CC1OC. The fraction of sp³-hybridized carbons (Fsp3) is 0.778. The van der Waals surface area contributed by atoms with Crippen molar-refractivity contribution in [3.05, 3.63) is 18.5 Å². The van der Waals surface area contributed by atoms with Crippen molar-refractivity contribution < 1.29 is 9.53 Å². The molecule has 0 bridgehead atoms. The van der Waals surface area contributed by atoms with Crippen LogP contribution < -0.4 is 10.6 Å². The molecule has 0 radical (unpaired) electrons. The average molecular weight is 334 g/mol. The van der Waals surface area contributed by atoms with E-state index in [1.165, 1.54) is 0 Å². The van der Waals surface area contributed by atoms with Gasteiger partial charge >= 0.3 is 0 Å². The Morgan fingerprint density at radius 3 is 2.62 bits per heavy atom. The summed E-state index contributed by atoms with van der Waals surface area (Å²) in [6.45, 7) is 6.07. The van der Waals surface area contributed by atoms with Crippen LogP contribution in [0.1, 0.15) is 46.0 Å². The number of piperidine rings is 1. The van der Waals surface area contributed by atoms with E-state index in [0.29, 0.717) is 0 Å². The van der Waals surface area contributed by atoms with E-state index < -0.39 is 5.54 Å². The predicted octanol–water partition coefficient (Wildman–Crippen LogP) is 1.67. The summed E-state index contributed by atoms with van der Waals surface area (Å²) in [7, 11) is 1.78. The van der Waals surface area contributed by atoms with Gasteiger partial charge in [-0.05, 0) is 51.3 Å². The first-order chi connectivity index (χ1) is 11.6. The molecule has 1 aromatic heterocycles. The summed E-state index contributed by atoms with van der Waals surface area (Å²) >= 11 is 0. The van der Waals surface area contributed by atoms with E-state index in [1.807, 2.05) is 16.9 Å². The van der Waals surface area contributed by atoms with Crippen LogP contribution in [0.25, 0.3) is 0 Å². The van der Waals surface area contributed by atoms with Gasteiger partial charge < -0.3 is 15.4 Å². The second kappa shape index (κ2) is 6.84. The highest BCUT2D eigenvalue weighted by Gasteiger charge is 2.55. The molecule has 1 aromatic rings. The van der Waals surface area contributed by atoms with E-state index in [9.17, 15) is 4.79 Å². The number of hydrogen-bond donors (Lipinski definition) is 2. The van der Waals surface area contributed by atoms with Gasteiger partial charge in [-0.3, -0.25) is 9.48 Å². The van der Waals surface area contributed by atoms with Crippen LogP contribution in [0.15, 0.2) is 18.5 Å². The van der Waals surface area contributed by atoms with Gasteiger partial charge in [-0.1, -0.05) is 13.8 Å². The van der Waals surface area contributed by atoms with Crippen molar-refractivity contribution in [1.29, 1.82) is 0 Å². The molecule has 1 aliphatic heterocycles. The van der Waals surface area contributed by atoms with Crippen molar-refractivity contribution >= 4 is 5.91 Å². The molecule has 2 unspecified atom stereocenters. The first kappa shape index (κ1) is 17.4. The quantitative estimate of drug-likeness (QED) is 0.830. The number of nitrogens with one attached hydrogen (secondary N) is 2. The maximum atomic E-state index is 13.3. The lowest BCUT2D eigenvalue weighted by Gasteiger charge is -2.55. The van der Waals surface area contributed by atoms with E-state index in [0.717, 1.165) is 45.2 Å². The molecule has 2 aliphatic rings. The van der Waals surface area contributed by atoms with Gasteiger partial charge in [-0.25, -0.2) is 0 Å². The molecule has 2 heterocycles. The third kappa shape index (κ3) is 2.56. The van der Waals surface area contributed by atoms with E-state index in [1.54, 1.807) is 13.3 Å². The number of rotatable bonds is 6. The fourth-order valence-corrected chi connectivity index (χ4v) is 4.69. The monoisotopic (exact) mass is 334 g/mol. The van der Waals surface area contributed by atoms with Gasteiger partial charge in [0.25, 0.3) is 0 Å². The minimum Gasteiger partial charge on any atom is -0.381 e. The molecule has 1 saturated carbocycles. The van der Waals surface area contributed by atoms with E-state index in [4.69, 9.17) is 4.74 Å². The van der Waals surface area contributed by atoms with Crippen molar-refractivity contribution in [1.82, 2.24) is 20.4 Å². The maximum Gasteiger partial charge on any atom is 0.248 e. The highest BCUT2D eigenvalue weighted by molar-refractivity contribution is 5.85. The zero-order valence-electron chi connectivity index (χ0n) is 15.0. The van der Waals surface area contributed by atoms with Crippen molar-refractivity contribution in [2.45, 2.75) is 63.6 Å². The van der Waals surface area contributed by atoms with Crippen LogP contribution in [0.5, 0.6) is 0 Å². The average Bonchev–Trinajstić information content (AvgIpc) is 3.15. The van der Waals surface area contributed by atoms with Crippen molar-refractivity contribution in [2.75, 3.05) is 20.2 Å². The number of ether oxygens (including phenoxy) is 1. The second-order valence-electron chi connectivity index (χ2n) is 7.16. The van der Waals surface area contributed by atoms with Crippen LogP contribution in [0.4, 0.5) is 0 Å². The lowest BCUT2D eigenvalue weighted by Crippen LogP contribution is -2.67. The fourth-order valence-electron chi connectivity index (χ4n) is 4.69. The zero-order chi connectivity index (χ0) is 17.2. The van der Waals surface area contributed by atoms with E-state index in [2.05, 4.69) is 29.6 Å². The Bertz CT molecular complexity index is 547. The molecule has 1 aliphatic carbocycles. The van der Waals surface area contributed by atoms with Gasteiger partial charge in [-0.15, -0.1) is 0 Å². The molecular formula is C18H30N4O2. The summed E-state index contributed by atoms with van der Waals surface area (Å²) in [6.07, 6.45) is 8.38. The third-order valence-electron chi connectivity index (χ3n) is 6.49. The predicted molar refractivity (Wildman–Crippen MR) is 92.7 cm³/mol. The molecule has 3 rings (SSSR count). The smallest absolute Gasteiger partial charge is 0.248 e. The molecule has 134 valence electrons. The number of aromatic nitrogens is 2. The lowest BCUT2D eigenvalue weighted by atomic mass is 9.58. The summed E-state index contributed by atoms with van der Waals surface area (Å²) in [5, 5.41) is 11.1. The minimum atomic E-state index is -0.569. The maximum absolute atomic E-state index is 13.3. The molecular weight excluding hydrogens is 304 g/mol. The highest BCUT2D eigenvalue weighted by atomic mass is 16.5. The summed E-state index contributed by atoms with van der Waals surface area (Å²) in [5.74, 6) is 0.110. The third-order valence-corrected chi connectivity index (χ3v) is 6.49. The summed E-state index contributed by atoms with van der Waals surface area (Å²) in [6, 6.07) is 2.08. The number of amides is 1. The van der Waals surface area contributed by atoms with Crippen LogP contribution in [-0.2, 0) is 15.1 Å².